The van der Waals surface area contributed by atoms with E-state index in [0.717, 1.165) is 12.1 Å². The van der Waals surface area contributed by atoms with Gasteiger partial charge in [-0.3, -0.25) is 29.6 Å². The van der Waals surface area contributed by atoms with Gasteiger partial charge in [0.05, 0.1) is 9.85 Å². The minimum Gasteiger partial charge on any atom is -0.322 e. The molecule has 0 saturated heterocycles. The number of hydrogen-bond acceptors (Lipinski definition) is 7. The van der Waals surface area contributed by atoms with Crippen LogP contribution in [0.1, 0.15) is 21.5 Å². The fourth-order valence-corrected chi connectivity index (χ4v) is 3.50. The van der Waals surface area contributed by atoms with Crippen molar-refractivity contribution in [3.8, 4) is 0 Å². The molecule has 3 rings (SSSR count). The molecule has 3 aromatic carbocycles. The highest BCUT2D eigenvalue weighted by molar-refractivity contribution is 7.86. The van der Waals surface area contributed by atoms with Gasteiger partial charge in [0, 0.05) is 35.5 Å². The molecule has 0 saturated carbocycles. The lowest BCUT2D eigenvalue weighted by Crippen LogP contribution is -2.11. The topological polar surface area (TPSA) is 170 Å². The van der Waals surface area contributed by atoms with Gasteiger partial charge >= 0.3 is 0 Å². The summed E-state index contributed by atoms with van der Waals surface area (Å²) in [4.78, 5) is 31.9. The van der Waals surface area contributed by atoms with Crippen molar-refractivity contribution in [2.45, 2.75) is 4.90 Å². The van der Waals surface area contributed by atoms with Crippen LogP contribution >= 0.6 is 0 Å². The first-order chi connectivity index (χ1) is 15.5. The molecule has 0 aliphatic heterocycles. The lowest BCUT2D eigenvalue weighted by atomic mass is 10.1. The van der Waals surface area contributed by atoms with Crippen LogP contribution in [0, 0.1) is 20.2 Å². The molecule has 168 valence electrons. The first-order valence-corrected chi connectivity index (χ1v) is 10.6. The van der Waals surface area contributed by atoms with Crippen molar-refractivity contribution >= 4 is 45.2 Å². The predicted molar refractivity (Wildman–Crippen MR) is 119 cm³/mol. The second-order valence-corrected chi connectivity index (χ2v) is 8.06. The molecular weight excluding hydrogens is 454 g/mol. The van der Waals surface area contributed by atoms with Crippen molar-refractivity contribution in [1.82, 2.24) is 0 Å². The SMILES string of the molecule is O=C(Nc1ccc(/C=C/c2ccc([N+](=O)[O-])cc2S(=O)(=O)O)cc1)c1ccc([N+](=O)[O-])cc1. The zero-order valence-electron chi connectivity index (χ0n) is 16.6. The molecule has 0 aliphatic rings. The van der Waals surface area contributed by atoms with Crippen molar-refractivity contribution in [3.05, 3.63) is 104 Å². The minimum atomic E-state index is -4.69. The minimum absolute atomic E-state index is 0.0543. The molecule has 2 N–H and O–H groups in total. The predicted octanol–water partition coefficient (Wildman–Crippen LogP) is 4.17. The Morgan fingerprint density at radius 3 is 1.97 bits per heavy atom. The van der Waals surface area contributed by atoms with Crippen LogP contribution in [0.15, 0.2) is 71.6 Å². The summed E-state index contributed by atoms with van der Waals surface area (Å²) in [5.74, 6) is -0.461. The zero-order valence-corrected chi connectivity index (χ0v) is 17.4. The summed E-state index contributed by atoms with van der Waals surface area (Å²) in [6, 6.07) is 14.6. The van der Waals surface area contributed by atoms with Gasteiger partial charge in [-0.2, -0.15) is 8.42 Å². The maximum absolute atomic E-state index is 12.3. The number of nitrogens with one attached hydrogen (secondary N) is 1. The Morgan fingerprint density at radius 1 is 0.848 bits per heavy atom. The van der Waals surface area contributed by atoms with E-state index in [1.807, 2.05) is 0 Å². The molecule has 0 spiro atoms. The summed E-state index contributed by atoms with van der Waals surface area (Å²) >= 11 is 0. The molecule has 3 aromatic rings. The highest BCUT2D eigenvalue weighted by Crippen LogP contribution is 2.24. The van der Waals surface area contributed by atoms with E-state index >= 15 is 0 Å². The third-order valence-electron chi connectivity index (χ3n) is 4.45. The number of nitrogens with zero attached hydrogens (tertiary/aromatic N) is 2. The Kier molecular flexibility index (Phi) is 6.61. The number of nitro benzene ring substituents is 2. The number of carbonyl (C=O) groups is 1. The van der Waals surface area contributed by atoms with Crippen molar-refractivity contribution in [1.29, 1.82) is 0 Å². The van der Waals surface area contributed by atoms with Crippen LogP contribution in [0.25, 0.3) is 12.2 Å². The number of benzene rings is 3. The summed E-state index contributed by atoms with van der Waals surface area (Å²) < 4.78 is 32.5. The molecule has 0 aliphatic carbocycles. The molecule has 12 heteroatoms. The van der Waals surface area contributed by atoms with Gasteiger partial charge < -0.3 is 5.32 Å². The van der Waals surface area contributed by atoms with E-state index in [2.05, 4.69) is 5.32 Å². The lowest BCUT2D eigenvalue weighted by molar-refractivity contribution is -0.385. The van der Waals surface area contributed by atoms with Crippen molar-refractivity contribution < 1.29 is 27.6 Å². The first kappa shape index (κ1) is 23.2. The number of non-ortho nitro benzene ring substituents is 2. The quantitative estimate of drug-likeness (QED) is 0.225. The third-order valence-corrected chi connectivity index (χ3v) is 5.36. The summed E-state index contributed by atoms with van der Waals surface area (Å²) in [6.07, 6.45) is 2.90. The van der Waals surface area contributed by atoms with E-state index in [1.165, 1.54) is 42.5 Å². The maximum atomic E-state index is 12.3. The fraction of sp³-hybridized carbons (Fsp3) is 0. The van der Waals surface area contributed by atoms with E-state index in [4.69, 9.17) is 0 Å². The molecule has 0 bridgehead atoms. The van der Waals surface area contributed by atoms with E-state index in [9.17, 15) is 38.0 Å². The van der Waals surface area contributed by atoms with E-state index in [0.29, 0.717) is 11.3 Å². The Balaban J connectivity index is 1.75. The van der Waals surface area contributed by atoms with Gasteiger partial charge in [0.25, 0.3) is 27.4 Å². The smallest absolute Gasteiger partial charge is 0.295 e. The number of amides is 1. The average molecular weight is 469 g/mol. The number of hydrogen-bond donors (Lipinski definition) is 2. The van der Waals surface area contributed by atoms with Crippen LogP contribution in [-0.4, -0.2) is 28.7 Å². The largest absolute Gasteiger partial charge is 0.322 e. The van der Waals surface area contributed by atoms with Crippen LogP contribution in [0.4, 0.5) is 17.1 Å². The summed E-state index contributed by atoms with van der Waals surface area (Å²) in [7, 11) is -4.69. The summed E-state index contributed by atoms with van der Waals surface area (Å²) in [5.41, 5.74) is 0.743. The first-order valence-electron chi connectivity index (χ1n) is 9.14. The van der Waals surface area contributed by atoms with Crippen molar-refractivity contribution in [3.63, 3.8) is 0 Å². The third kappa shape index (κ3) is 5.84. The zero-order chi connectivity index (χ0) is 24.2. The van der Waals surface area contributed by atoms with E-state index in [1.54, 1.807) is 24.3 Å². The number of carbonyl (C=O) groups excluding carboxylic acids is 1. The van der Waals surface area contributed by atoms with Gasteiger partial charge in [0.1, 0.15) is 4.90 Å². The van der Waals surface area contributed by atoms with Crippen molar-refractivity contribution in [2.75, 3.05) is 5.32 Å². The van der Waals surface area contributed by atoms with Crippen LogP contribution in [0.5, 0.6) is 0 Å². The number of rotatable bonds is 7. The molecule has 0 unspecified atom stereocenters. The highest BCUT2D eigenvalue weighted by atomic mass is 32.2. The maximum Gasteiger partial charge on any atom is 0.295 e. The molecule has 11 nitrogen and oxygen atoms in total. The number of anilines is 1. The fourth-order valence-electron chi connectivity index (χ4n) is 2.80. The van der Waals surface area contributed by atoms with Gasteiger partial charge in [-0.05, 0) is 41.5 Å². The van der Waals surface area contributed by atoms with Crippen LogP contribution in [0.2, 0.25) is 0 Å². The van der Waals surface area contributed by atoms with Gasteiger partial charge in [0.15, 0.2) is 0 Å². The summed E-state index contributed by atoms with van der Waals surface area (Å²) in [6.45, 7) is 0. The molecular formula is C21H15N3O8S. The molecule has 0 atom stereocenters. The van der Waals surface area contributed by atoms with Crippen LogP contribution < -0.4 is 5.32 Å². The number of nitro groups is 2. The van der Waals surface area contributed by atoms with E-state index < -0.39 is 36.5 Å². The summed E-state index contributed by atoms with van der Waals surface area (Å²) in [5, 5.41) is 24.2. The van der Waals surface area contributed by atoms with Gasteiger partial charge in [0.2, 0.25) is 0 Å². The monoisotopic (exact) mass is 469 g/mol. The Hall–Kier alpha value is -4.42. The molecule has 0 aromatic heterocycles. The molecule has 33 heavy (non-hydrogen) atoms. The lowest BCUT2D eigenvalue weighted by Gasteiger charge is -2.06. The normalized spacial score (nSPS) is 11.3. The van der Waals surface area contributed by atoms with Crippen molar-refractivity contribution in [2.24, 2.45) is 0 Å². The second kappa shape index (κ2) is 9.38. The molecule has 0 fully saturated rings. The molecule has 0 heterocycles. The van der Waals surface area contributed by atoms with Crippen LogP contribution in [-0.2, 0) is 10.1 Å². The Labute approximate surface area is 187 Å². The second-order valence-electron chi connectivity index (χ2n) is 6.67. The average Bonchev–Trinajstić information content (AvgIpc) is 2.77. The van der Waals surface area contributed by atoms with Gasteiger partial charge in [-0.25, -0.2) is 0 Å². The Morgan fingerprint density at radius 2 is 1.42 bits per heavy atom. The molecule has 0 radical (unpaired) electrons. The van der Waals surface area contributed by atoms with Gasteiger partial charge in [-0.15, -0.1) is 0 Å². The molecule has 1 amide bonds. The Bertz CT molecular complexity index is 1370. The van der Waals surface area contributed by atoms with Crippen LogP contribution in [0.3, 0.4) is 0 Å². The highest BCUT2D eigenvalue weighted by Gasteiger charge is 2.18. The standard InChI is InChI=1S/C21H15N3O8S/c25-21(16-6-10-18(11-7-16)23(26)27)22-17-8-2-14(3-9-17)1-4-15-5-12-19(24(28)29)13-20(15)33(30,31)32/h1-13H,(H,22,25)(H,30,31,32)/b4-1+. The van der Waals surface area contributed by atoms with E-state index in [-0.39, 0.29) is 16.8 Å². The van der Waals surface area contributed by atoms with Gasteiger partial charge in [-0.1, -0.05) is 24.3 Å².